The Morgan fingerprint density at radius 3 is 3.07 bits per heavy atom. The van der Waals surface area contributed by atoms with Crippen LogP contribution in [0.5, 0.6) is 0 Å². The van der Waals surface area contributed by atoms with Crippen LogP contribution in [-0.2, 0) is 11.2 Å². The van der Waals surface area contributed by atoms with Crippen LogP contribution in [0.3, 0.4) is 0 Å². The van der Waals surface area contributed by atoms with E-state index in [4.69, 9.17) is 16.7 Å². The first-order chi connectivity index (χ1) is 7.15. The van der Waals surface area contributed by atoms with Gasteiger partial charge < -0.3 is 10.1 Å². The van der Waals surface area contributed by atoms with E-state index < -0.39 is 5.97 Å². The van der Waals surface area contributed by atoms with Gasteiger partial charge in [-0.2, -0.15) is 0 Å². The number of aromatic nitrogens is 2. The zero-order valence-electron chi connectivity index (χ0n) is 7.83. The SMILES string of the molecule is O=C(O)CCc1nc2cc(Cl)ccc2[nH]1. The largest absolute Gasteiger partial charge is 0.481 e. The Balaban J connectivity index is 2.27. The Bertz CT molecular complexity index is 507. The number of carbonyl (C=O) groups is 1. The number of benzene rings is 1. The minimum atomic E-state index is -0.825. The van der Waals surface area contributed by atoms with Crippen molar-refractivity contribution >= 4 is 28.6 Å². The number of aryl methyl sites for hydroxylation is 1. The highest BCUT2D eigenvalue weighted by Gasteiger charge is 2.05. The van der Waals surface area contributed by atoms with Crippen molar-refractivity contribution in [1.29, 1.82) is 0 Å². The Kier molecular flexibility index (Phi) is 2.60. The van der Waals surface area contributed by atoms with E-state index in [0.29, 0.717) is 17.3 Å². The molecule has 0 aliphatic heterocycles. The Labute approximate surface area is 90.9 Å². The Morgan fingerprint density at radius 2 is 2.33 bits per heavy atom. The number of nitrogens with zero attached hydrogens (tertiary/aromatic N) is 1. The molecule has 1 heterocycles. The summed E-state index contributed by atoms with van der Waals surface area (Å²) in [5.41, 5.74) is 1.64. The van der Waals surface area contributed by atoms with Crippen molar-refractivity contribution in [3.63, 3.8) is 0 Å². The Morgan fingerprint density at radius 1 is 1.53 bits per heavy atom. The maximum absolute atomic E-state index is 10.4. The summed E-state index contributed by atoms with van der Waals surface area (Å²) >= 11 is 5.81. The molecular formula is C10H9ClN2O2. The van der Waals surface area contributed by atoms with Gasteiger partial charge in [0.15, 0.2) is 0 Å². The summed E-state index contributed by atoms with van der Waals surface area (Å²) in [7, 11) is 0. The molecule has 0 radical (unpaired) electrons. The lowest BCUT2D eigenvalue weighted by Crippen LogP contribution is -1.98. The summed E-state index contributed by atoms with van der Waals surface area (Å²) in [5, 5.41) is 9.15. The molecule has 0 amide bonds. The third kappa shape index (κ3) is 2.27. The fraction of sp³-hybridized carbons (Fsp3) is 0.200. The smallest absolute Gasteiger partial charge is 0.303 e. The highest BCUT2D eigenvalue weighted by atomic mass is 35.5. The summed E-state index contributed by atoms with van der Waals surface area (Å²) in [4.78, 5) is 17.7. The Hall–Kier alpha value is -1.55. The summed E-state index contributed by atoms with van der Waals surface area (Å²) in [6.45, 7) is 0. The lowest BCUT2D eigenvalue weighted by molar-refractivity contribution is -0.137. The number of imidazole rings is 1. The first-order valence-electron chi connectivity index (χ1n) is 4.51. The number of nitrogens with one attached hydrogen (secondary N) is 1. The molecule has 1 aromatic carbocycles. The molecule has 0 spiro atoms. The standard InChI is InChI=1S/C10H9ClN2O2/c11-6-1-2-7-8(5-6)13-9(12-7)3-4-10(14)15/h1-2,5H,3-4H2,(H,12,13)(H,14,15). The van der Waals surface area contributed by atoms with Gasteiger partial charge in [0, 0.05) is 11.4 Å². The van der Waals surface area contributed by atoms with Crippen LogP contribution in [-0.4, -0.2) is 21.0 Å². The number of aromatic amines is 1. The van der Waals surface area contributed by atoms with Crippen LogP contribution in [0, 0.1) is 0 Å². The summed E-state index contributed by atoms with van der Waals surface area (Å²) in [6.07, 6.45) is 0.481. The van der Waals surface area contributed by atoms with Gasteiger partial charge >= 0.3 is 5.97 Å². The second-order valence-electron chi connectivity index (χ2n) is 3.24. The molecule has 2 rings (SSSR count). The molecule has 0 aliphatic carbocycles. The number of fused-ring (bicyclic) bond motifs is 1. The van der Waals surface area contributed by atoms with E-state index >= 15 is 0 Å². The number of hydrogen-bond donors (Lipinski definition) is 2. The number of aliphatic carboxylic acids is 1. The van der Waals surface area contributed by atoms with E-state index in [1.54, 1.807) is 12.1 Å². The van der Waals surface area contributed by atoms with Crippen molar-refractivity contribution in [3.8, 4) is 0 Å². The van der Waals surface area contributed by atoms with Gasteiger partial charge in [0.1, 0.15) is 5.82 Å². The predicted molar refractivity (Wildman–Crippen MR) is 57.1 cm³/mol. The first-order valence-corrected chi connectivity index (χ1v) is 4.89. The number of carboxylic acid groups (broad SMARTS) is 1. The molecule has 5 heteroatoms. The van der Waals surface area contributed by atoms with E-state index in [1.807, 2.05) is 6.07 Å². The zero-order valence-corrected chi connectivity index (χ0v) is 8.58. The van der Waals surface area contributed by atoms with Gasteiger partial charge in [-0.3, -0.25) is 4.79 Å². The highest BCUT2D eigenvalue weighted by Crippen LogP contribution is 2.17. The van der Waals surface area contributed by atoms with Gasteiger partial charge in [-0.1, -0.05) is 11.6 Å². The van der Waals surface area contributed by atoms with Crippen LogP contribution in [0.1, 0.15) is 12.2 Å². The molecule has 0 saturated carbocycles. The van der Waals surface area contributed by atoms with Crippen LogP contribution in [0.25, 0.3) is 11.0 Å². The minimum absolute atomic E-state index is 0.0769. The fourth-order valence-electron chi connectivity index (χ4n) is 1.38. The predicted octanol–water partition coefficient (Wildman–Crippen LogP) is 2.23. The molecule has 0 fully saturated rings. The lowest BCUT2D eigenvalue weighted by Gasteiger charge is -1.89. The van der Waals surface area contributed by atoms with E-state index in [2.05, 4.69) is 9.97 Å². The third-order valence-electron chi connectivity index (χ3n) is 2.07. The number of rotatable bonds is 3. The maximum Gasteiger partial charge on any atom is 0.303 e. The monoisotopic (exact) mass is 224 g/mol. The van der Waals surface area contributed by atoms with Crippen LogP contribution in [0.15, 0.2) is 18.2 Å². The maximum atomic E-state index is 10.4. The van der Waals surface area contributed by atoms with Gasteiger partial charge in [0.2, 0.25) is 0 Å². The van der Waals surface area contributed by atoms with Gasteiger partial charge in [-0.15, -0.1) is 0 Å². The summed E-state index contributed by atoms with van der Waals surface area (Å²) < 4.78 is 0. The zero-order chi connectivity index (χ0) is 10.8. The van der Waals surface area contributed by atoms with Crippen molar-refractivity contribution in [2.45, 2.75) is 12.8 Å². The van der Waals surface area contributed by atoms with Crippen LogP contribution in [0.4, 0.5) is 0 Å². The van der Waals surface area contributed by atoms with E-state index in [-0.39, 0.29) is 6.42 Å². The topological polar surface area (TPSA) is 66.0 Å². The van der Waals surface area contributed by atoms with Crippen molar-refractivity contribution < 1.29 is 9.90 Å². The van der Waals surface area contributed by atoms with Crippen molar-refractivity contribution in [2.24, 2.45) is 0 Å². The average Bonchev–Trinajstić information content (AvgIpc) is 2.56. The van der Waals surface area contributed by atoms with Crippen LogP contribution >= 0.6 is 11.6 Å². The molecule has 4 nitrogen and oxygen atoms in total. The van der Waals surface area contributed by atoms with E-state index in [1.165, 1.54) is 0 Å². The minimum Gasteiger partial charge on any atom is -0.481 e. The number of carboxylic acids is 1. The van der Waals surface area contributed by atoms with Gasteiger partial charge in [0.05, 0.1) is 17.5 Å². The van der Waals surface area contributed by atoms with Gasteiger partial charge in [-0.25, -0.2) is 4.98 Å². The van der Waals surface area contributed by atoms with Crippen molar-refractivity contribution in [2.75, 3.05) is 0 Å². The quantitative estimate of drug-likeness (QED) is 0.840. The highest BCUT2D eigenvalue weighted by molar-refractivity contribution is 6.31. The summed E-state index contributed by atoms with van der Waals surface area (Å²) in [5.74, 6) is -0.150. The molecular weight excluding hydrogens is 216 g/mol. The van der Waals surface area contributed by atoms with E-state index in [9.17, 15) is 4.79 Å². The van der Waals surface area contributed by atoms with E-state index in [0.717, 1.165) is 11.0 Å². The summed E-state index contributed by atoms with van der Waals surface area (Å²) in [6, 6.07) is 5.34. The van der Waals surface area contributed by atoms with Gasteiger partial charge in [-0.05, 0) is 18.2 Å². The van der Waals surface area contributed by atoms with Crippen molar-refractivity contribution in [3.05, 3.63) is 29.0 Å². The molecule has 1 aromatic heterocycles. The van der Waals surface area contributed by atoms with Crippen LogP contribution < -0.4 is 0 Å². The molecule has 78 valence electrons. The fourth-order valence-corrected chi connectivity index (χ4v) is 1.54. The normalized spacial score (nSPS) is 10.7. The second kappa shape index (κ2) is 3.90. The first kappa shape index (κ1) is 9.98. The molecule has 0 aliphatic rings. The van der Waals surface area contributed by atoms with Crippen LogP contribution in [0.2, 0.25) is 5.02 Å². The average molecular weight is 225 g/mol. The third-order valence-corrected chi connectivity index (χ3v) is 2.30. The van der Waals surface area contributed by atoms with Crippen molar-refractivity contribution in [1.82, 2.24) is 9.97 Å². The van der Waals surface area contributed by atoms with Gasteiger partial charge in [0.25, 0.3) is 0 Å². The lowest BCUT2D eigenvalue weighted by atomic mass is 10.3. The molecule has 15 heavy (non-hydrogen) atoms. The second-order valence-corrected chi connectivity index (χ2v) is 3.68. The number of halogens is 1. The molecule has 2 aromatic rings. The molecule has 2 N–H and O–H groups in total. The molecule has 0 atom stereocenters. The molecule has 0 bridgehead atoms. The molecule has 0 saturated heterocycles. The number of H-pyrrole nitrogens is 1. The number of hydrogen-bond acceptors (Lipinski definition) is 2. The molecule has 0 unspecified atom stereocenters.